The minimum absolute atomic E-state index is 0.0223. The highest BCUT2D eigenvalue weighted by atomic mass is 16.2. The molecule has 1 aromatic heterocycles. The highest BCUT2D eigenvalue weighted by molar-refractivity contribution is 5.98. The van der Waals surface area contributed by atoms with Crippen LogP contribution in [0.15, 0.2) is 53.4 Å². The van der Waals surface area contributed by atoms with Crippen LogP contribution >= 0.6 is 0 Å². The van der Waals surface area contributed by atoms with Crippen molar-refractivity contribution in [1.29, 1.82) is 0 Å². The Balaban J connectivity index is 0.00000148. The van der Waals surface area contributed by atoms with Gasteiger partial charge in [0.15, 0.2) is 0 Å². The van der Waals surface area contributed by atoms with Gasteiger partial charge in [-0.3, -0.25) is 4.79 Å². The van der Waals surface area contributed by atoms with Crippen LogP contribution in [0.2, 0.25) is 0 Å². The Labute approximate surface area is 196 Å². The topological polar surface area (TPSA) is 70.1 Å². The highest BCUT2D eigenvalue weighted by Gasteiger charge is 2.49. The third kappa shape index (κ3) is 6.94. The fraction of sp³-hybridized carbons (Fsp3) is 0.577. The average Bonchev–Trinajstić information content (AvgIpc) is 3.02. The van der Waals surface area contributed by atoms with Gasteiger partial charge in [0.2, 0.25) is 0 Å². The molecule has 0 radical (unpaired) electrons. The van der Waals surface area contributed by atoms with Gasteiger partial charge in [-0.05, 0) is 50.3 Å². The van der Waals surface area contributed by atoms with E-state index in [0.29, 0.717) is 0 Å². The SMILES string of the molecule is C/C=C1/C(Nc2ccncn2)=CC(C)=C2C(=O)NC(C)(CC(C)(C)C)N21.CC.CC.CC. The van der Waals surface area contributed by atoms with E-state index in [1.807, 2.05) is 73.6 Å². The number of allylic oxidation sites excluding steroid dienone is 3. The largest absolute Gasteiger partial charge is 0.338 e. The average molecular weight is 444 g/mol. The molecule has 6 nitrogen and oxygen atoms in total. The van der Waals surface area contributed by atoms with Crippen molar-refractivity contribution < 1.29 is 4.79 Å². The summed E-state index contributed by atoms with van der Waals surface area (Å²) in [6.07, 6.45) is 8.08. The number of carbonyl (C=O) groups excluding carboxylic acids is 1. The van der Waals surface area contributed by atoms with Gasteiger partial charge in [-0.1, -0.05) is 68.4 Å². The minimum atomic E-state index is -0.485. The molecule has 1 aromatic rings. The third-order valence-electron chi connectivity index (χ3n) is 4.56. The number of hydrogen-bond donors (Lipinski definition) is 2. The summed E-state index contributed by atoms with van der Waals surface area (Å²) in [7, 11) is 0. The molecule has 0 bridgehead atoms. The molecule has 6 heteroatoms. The van der Waals surface area contributed by atoms with Crippen LogP contribution in [-0.4, -0.2) is 26.4 Å². The minimum Gasteiger partial charge on any atom is -0.338 e. The Hall–Kier alpha value is -2.63. The highest BCUT2D eigenvalue weighted by Crippen LogP contribution is 2.43. The molecule has 180 valence electrons. The number of rotatable bonds is 3. The second-order valence-electron chi connectivity index (χ2n) is 8.28. The van der Waals surface area contributed by atoms with Crippen molar-refractivity contribution in [3.8, 4) is 0 Å². The Kier molecular flexibility index (Phi) is 12.0. The number of aromatic nitrogens is 2. The fourth-order valence-electron chi connectivity index (χ4n) is 3.97. The number of anilines is 1. The number of nitrogens with one attached hydrogen (secondary N) is 2. The van der Waals surface area contributed by atoms with E-state index in [0.717, 1.165) is 34.9 Å². The third-order valence-corrected chi connectivity index (χ3v) is 4.56. The molecule has 1 amide bonds. The lowest BCUT2D eigenvalue weighted by molar-refractivity contribution is -0.117. The van der Waals surface area contributed by atoms with Crippen LogP contribution < -0.4 is 10.6 Å². The maximum absolute atomic E-state index is 12.7. The first-order valence-corrected chi connectivity index (χ1v) is 11.9. The summed E-state index contributed by atoms with van der Waals surface area (Å²) < 4.78 is 0. The van der Waals surface area contributed by atoms with Gasteiger partial charge in [-0.2, -0.15) is 0 Å². The molecule has 0 aliphatic carbocycles. The van der Waals surface area contributed by atoms with Gasteiger partial charge in [0.05, 0.1) is 11.4 Å². The van der Waals surface area contributed by atoms with E-state index in [2.05, 4.69) is 53.2 Å². The van der Waals surface area contributed by atoms with E-state index >= 15 is 0 Å². The van der Waals surface area contributed by atoms with Crippen LogP contribution in [0.25, 0.3) is 0 Å². The Morgan fingerprint density at radius 3 is 2.22 bits per heavy atom. The second kappa shape index (κ2) is 13.0. The summed E-state index contributed by atoms with van der Waals surface area (Å²) in [5.41, 5.74) is 3.12. The first-order chi connectivity index (χ1) is 15.1. The van der Waals surface area contributed by atoms with Gasteiger partial charge >= 0.3 is 0 Å². The standard InChI is InChI=1S/C20H27N5O.3C2H6/c1-7-15-14(23-16-8-9-21-12-22-16)10-13(2)17-18(26)24-20(6,25(15)17)11-19(3,4)5;3*1-2/h7-10,12H,11H2,1-6H3,(H,24,26)(H,21,22,23);3*1-2H3/b15-7-;;;. The van der Waals surface area contributed by atoms with Gasteiger partial charge in [-0.25, -0.2) is 9.97 Å². The van der Waals surface area contributed by atoms with Crippen molar-refractivity contribution in [3.05, 3.63) is 53.4 Å². The van der Waals surface area contributed by atoms with Crippen molar-refractivity contribution in [2.24, 2.45) is 5.41 Å². The van der Waals surface area contributed by atoms with Crippen molar-refractivity contribution >= 4 is 11.7 Å². The van der Waals surface area contributed by atoms with Crippen LogP contribution in [0.1, 0.15) is 89.5 Å². The molecule has 2 N–H and O–H groups in total. The number of fused-ring (bicyclic) bond motifs is 1. The molecule has 0 saturated carbocycles. The van der Waals surface area contributed by atoms with E-state index in [-0.39, 0.29) is 11.3 Å². The number of hydrogen-bond acceptors (Lipinski definition) is 5. The molecule has 3 rings (SSSR count). The molecule has 3 heterocycles. The predicted octanol–water partition coefficient (Wildman–Crippen LogP) is 6.63. The molecule has 0 spiro atoms. The van der Waals surface area contributed by atoms with Crippen molar-refractivity contribution in [3.63, 3.8) is 0 Å². The molecule has 0 aromatic carbocycles. The Bertz CT molecular complexity index is 818. The van der Waals surface area contributed by atoms with Gasteiger partial charge in [0.1, 0.15) is 23.5 Å². The van der Waals surface area contributed by atoms with Gasteiger partial charge in [0.25, 0.3) is 5.91 Å². The van der Waals surface area contributed by atoms with Gasteiger partial charge < -0.3 is 15.5 Å². The fourth-order valence-corrected chi connectivity index (χ4v) is 3.97. The zero-order valence-electron chi connectivity index (χ0n) is 22.3. The summed E-state index contributed by atoms with van der Waals surface area (Å²) in [5, 5.41) is 6.58. The summed E-state index contributed by atoms with van der Waals surface area (Å²) in [5.74, 6) is 0.698. The van der Waals surface area contributed by atoms with E-state index < -0.39 is 5.66 Å². The van der Waals surface area contributed by atoms with Crippen molar-refractivity contribution in [2.45, 2.75) is 95.2 Å². The molecule has 1 atom stereocenters. The zero-order chi connectivity index (χ0) is 25.1. The summed E-state index contributed by atoms with van der Waals surface area (Å²) in [4.78, 5) is 23.1. The zero-order valence-corrected chi connectivity index (χ0v) is 22.3. The Morgan fingerprint density at radius 2 is 1.75 bits per heavy atom. The summed E-state index contributed by atoms with van der Waals surface area (Å²) in [6.45, 7) is 24.6. The smallest absolute Gasteiger partial charge is 0.270 e. The molecule has 1 unspecified atom stereocenters. The van der Waals surface area contributed by atoms with Gasteiger partial charge in [-0.15, -0.1) is 0 Å². The first kappa shape index (κ1) is 29.4. The van der Waals surface area contributed by atoms with Crippen LogP contribution in [-0.2, 0) is 4.79 Å². The van der Waals surface area contributed by atoms with E-state index in [9.17, 15) is 4.79 Å². The van der Waals surface area contributed by atoms with Crippen molar-refractivity contribution in [2.75, 3.05) is 5.32 Å². The Morgan fingerprint density at radius 1 is 1.16 bits per heavy atom. The number of amides is 1. The molecule has 1 fully saturated rings. The quantitative estimate of drug-likeness (QED) is 0.549. The normalized spacial score (nSPS) is 20.5. The molecule has 1 saturated heterocycles. The van der Waals surface area contributed by atoms with Crippen LogP contribution in [0.3, 0.4) is 0 Å². The molecule has 32 heavy (non-hydrogen) atoms. The second-order valence-corrected chi connectivity index (χ2v) is 8.28. The van der Waals surface area contributed by atoms with E-state index in [1.165, 1.54) is 6.33 Å². The van der Waals surface area contributed by atoms with Crippen molar-refractivity contribution in [1.82, 2.24) is 20.2 Å². The van der Waals surface area contributed by atoms with Crippen LogP contribution in [0.4, 0.5) is 5.82 Å². The van der Waals surface area contributed by atoms with E-state index in [4.69, 9.17) is 0 Å². The molecular weight excluding hydrogens is 398 g/mol. The lowest BCUT2D eigenvalue weighted by Gasteiger charge is -2.43. The molecule has 2 aliphatic heterocycles. The van der Waals surface area contributed by atoms with E-state index in [1.54, 1.807) is 6.20 Å². The monoisotopic (exact) mass is 443 g/mol. The lowest BCUT2D eigenvalue weighted by Crippen LogP contribution is -2.51. The lowest BCUT2D eigenvalue weighted by atomic mass is 9.84. The van der Waals surface area contributed by atoms with Crippen LogP contribution in [0, 0.1) is 5.41 Å². The number of nitrogens with zero attached hydrogens (tertiary/aromatic N) is 3. The van der Waals surface area contributed by atoms with Gasteiger partial charge in [0, 0.05) is 6.20 Å². The molecule has 2 aliphatic rings. The first-order valence-electron chi connectivity index (χ1n) is 11.9. The molecular formula is C26H45N5O. The number of carbonyl (C=O) groups is 1. The maximum Gasteiger partial charge on any atom is 0.270 e. The van der Waals surface area contributed by atoms with Crippen LogP contribution in [0.5, 0.6) is 0 Å². The maximum atomic E-state index is 12.7. The summed E-state index contributed by atoms with van der Waals surface area (Å²) >= 11 is 0. The summed E-state index contributed by atoms with van der Waals surface area (Å²) in [6, 6.07) is 1.82. The predicted molar refractivity (Wildman–Crippen MR) is 137 cm³/mol.